The Morgan fingerprint density at radius 2 is 0.694 bits per heavy atom. The molecule has 0 unspecified atom stereocenters. The normalized spacial score (nSPS) is 11.9. The smallest absolute Gasteiger partial charge is 0.164 e. The van der Waals surface area contributed by atoms with Crippen molar-refractivity contribution in [2.24, 2.45) is 0 Å². The number of thiophene rings is 2. The Balaban J connectivity index is 1.00. The lowest BCUT2D eigenvalue weighted by molar-refractivity contribution is 1.08. The molecule has 3 heterocycles. The number of benzene rings is 10. The number of nitrogens with zero attached hydrogens (tertiary/aromatic N) is 3. The van der Waals surface area contributed by atoms with E-state index in [0.717, 1.165) is 27.8 Å². The molecular weight excluding hydrogens is 791 g/mol. The van der Waals surface area contributed by atoms with Crippen LogP contribution in [0.25, 0.3) is 129 Å². The van der Waals surface area contributed by atoms with Crippen molar-refractivity contribution in [1.82, 2.24) is 15.0 Å². The van der Waals surface area contributed by atoms with Gasteiger partial charge in [-0.3, -0.25) is 0 Å². The second-order valence-electron chi connectivity index (χ2n) is 15.8. The van der Waals surface area contributed by atoms with Crippen LogP contribution in [-0.4, -0.2) is 15.0 Å². The van der Waals surface area contributed by atoms with Gasteiger partial charge in [0.25, 0.3) is 0 Å². The molecule has 13 rings (SSSR count). The molecule has 3 nitrogen and oxygen atoms in total. The number of fused-ring (bicyclic) bond motifs is 12. The molecule has 0 N–H and O–H groups in total. The minimum absolute atomic E-state index is 0.647. The highest BCUT2D eigenvalue weighted by atomic mass is 32.1. The zero-order chi connectivity index (χ0) is 40.7. The second kappa shape index (κ2) is 14.0. The summed E-state index contributed by atoms with van der Waals surface area (Å²) in [6, 6.07) is 72.1. The van der Waals surface area contributed by atoms with Gasteiger partial charge in [-0.25, -0.2) is 15.0 Å². The average molecular weight is 824 g/mol. The van der Waals surface area contributed by atoms with Gasteiger partial charge in [0.1, 0.15) is 0 Å². The van der Waals surface area contributed by atoms with E-state index in [2.05, 4.69) is 182 Å². The summed E-state index contributed by atoms with van der Waals surface area (Å²) in [7, 11) is 0. The molecule has 288 valence electrons. The molecule has 0 bridgehead atoms. The summed E-state index contributed by atoms with van der Waals surface area (Å²) in [6.07, 6.45) is 0. The fourth-order valence-electron chi connectivity index (χ4n) is 9.53. The Labute approximate surface area is 364 Å². The zero-order valence-corrected chi connectivity index (χ0v) is 34.8. The molecule has 0 atom stereocenters. The van der Waals surface area contributed by atoms with E-state index < -0.39 is 0 Å². The standard InChI is InChI=1S/C57H33N3S2/c1-2-14-34(15-3-1)55-58-56(60-57(59-55)46-24-13-27-52-54(46)45-22-10-11-25-49(45)61-52)44-21-9-8-20-41(44)43-23-12-26-51-53(43)48-33-36(29-31-50(48)62-51)35-28-30-42-39-18-5-4-16-37(39)38-17-6-7-19-40(38)47(42)32-35/h1-33H. The van der Waals surface area contributed by atoms with E-state index in [4.69, 9.17) is 15.0 Å². The SMILES string of the molecule is c1ccc(-c2nc(-c3ccccc3-c3cccc4sc5ccc(-c6ccc7c8ccccc8c8ccccc8c7c6)cc5c34)nc(-c3cccc4sc5ccccc5c34)n2)cc1. The lowest BCUT2D eigenvalue weighted by Gasteiger charge is -2.14. The summed E-state index contributed by atoms with van der Waals surface area (Å²) in [5, 5.41) is 12.6. The van der Waals surface area contributed by atoms with Gasteiger partial charge in [0, 0.05) is 57.0 Å². The minimum atomic E-state index is 0.647. The first kappa shape index (κ1) is 35.2. The van der Waals surface area contributed by atoms with E-state index in [1.54, 1.807) is 11.3 Å². The largest absolute Gasteiger partial charge is 0.208 e. The molecule has 0 spiro atoms. The topological polar surface area (TPSA) is 38.7 Å². The Hall–Kier alpha value is -7.57. The number of hydrogen-bond donors (Lipinski definition) is 0. The van der Waals surface area contributed by atoms with E-state index in [1.165, 1.54) is 83.8 Å². The predicted octanol–water partition coefficient (Wildman–Crippen LogP) is 16.4. The predicted molar refractivity (Wildman–Crippen MR) is 265 cm³/mol. The monoisotopic (exact) mass is 823 g/mol. The van der Waals surface area contributed by atoms with Crippen LogP contribution in [0.1, 0.15) is 0 Å². The second-order valence-corrected chi connectivity index (χ2v) is 18.0. The van der Waals surface area contributed by atoms with Crippen LogP contribution in [0.4, 0.5) is 0 Å². The third-order valence-electron chi connectivity index (χ3n) is 12.3. The molecule has 10 aromatic carbocycles. The highest BCUT2D eigenvalue weighted by molar-refractivity contribution is 7.26. The molecule has 0 aliphatic carbocycles. The maximum Gasteiger partial charge on any atom is 0.164 e. The van der Waals surface area contributed by atoms with Crippen LogP contribution in [0, 0.1) is 0 Å². The Morgan fingerprint density at radius 3 is 1.40 bits per heavy atom. The maximum atomic E-state index is 5.36. The first-order valence-electron chi connectivity index (χ1n) is 20.8. The fourth-order valence-corrected chi connectivity index (χ4v) is 11.8. The average Bonchev–Trinajstić information content (AvgIpc) is 3.92. The van der Waals surface area contributed by atoms with E-state index in [-0.39, 0.29) is 0 Å². The van der Waals surface area contributed by atoms with Gasteiger partial charge in [0.15, 0.2) is 17.5 Å². The van der Waals surface area contributed by atoms with Crippen LogP contribution in [0.3, 0.4) is 0 Å². The molecular formula is C57H33N3S2. The summed E-state index contributed by atoms with van der Waals surface area (Å²) in [6.45, 7) is 0. The van der Waals surface area contributed by atoms with Crippen LogP contribution >= 0.6 is 22.7 Å². The van der Waals surface area contributed by atoms with Crippen molar-refractivity contribution in [3.8, 4) is 56.4 Å². The summed E-state index contributed by atoms with van der Waals surface area (Å²) in [5.74, 6) is 1.96. The maximum absolute atomic E-state index is 5.36. The summed E-state index contributed by atoms with van der Waals surface area (Å²) in [4.78, 5) is 15.8. The molecule has 0 fully saturated rings. The highest BCUT2D eigenvalue weighted by Crippen LogP contribution is 2.45. The number of aromatic nitrogens is 3. The molecule has 13 aromatic rings. The summed E-state index contributed by atoms with van der Waals surface area (Å²) in [5.41, 5.74) is 7.57. The Bertz CT molecular complexity index is 3900. The third-order valence-corrected chi connectivity index (χ3v) is 14.6. The Morgan fingerprint density at radius 1 is 0.242 bits per heavy atom. The van der Waals surface area contributed by atoms with Crippen LogP contribution in [-0.2, 0) is 0 Å². The summed E-state index contributed by atoms with van der Waals surface area (Å²) >= 11 is 3.65. The van der Waals surface area contributed by atoms with Gasteiger partial charge in [0.2, 0.25) is 0 Å². The minimum Gasteiger partial charge on any atom is -0.208 e. The van der Waals surface area contributed by atoms with Gasteiger partial charge in [-0.1, -0.05) is 164 Å². The van der Waals surface area contributed by atoms with E-state index in [0.29, 0.717) is 17.5 Å². The van der Waals surface area contributed by atoms with Crippen LogP contribution in [0.5, 0.6) is 0 Å². The molecule has 0 radical (unpaired) electrons. The zero-order valence-electron chi connectivity index (χ0n) is 33.2. The Kier molecular flexibility index (Phi) is 7.95. The van der Waals surface area contributed by atoms with Crippen molar-refractivity contribution >= 4 is 95.3 Å². The first-order chi connectivity index (χ1) is 30.7. The molecule has 0 aliphatic heterocycles. The third kappa shape index (κ3) is 5.53. The van der Waals surface area contributed by atoms with Crippen molar-refractivity contribution in [1.29, 1.82) is 0 Å². The van der Waals surface area contributed by atoms with Gasteiger partial charge in [-0.15, -0.1) is 22.7 Å². The van der Waals surface area contributed by atoms with E-state index in [9.17, 15) is 0 Å². The van der Waals surface area contributed by atoms with Crippen molar-refractivity contribution < 1.29 is 0 Å². The van der Waals surface area contributed by atoms with Gasteiger partial charge < -0.3 is 0 Å². The fraction of sp³-hybridized carbons (Fsp3) is 0. The molecule has 5 heteroatoms. The van der Waals surface area contributed by atoms with Gasteiger partial charge in [0.05, 0.1) is 0 Å². The van der Waals surface area contributed by atoms with Crippen LogP contribution < -0.4 is 0 Å². The van der Waals surface area contributed by atoms with Crippen molar-refractivity contribution in [3.63, 3.8) is 0 Å². The molecule has 62 heavy (non-hydrogen) atoms. The number of hydrogen-bond acceptors (Lipinski definition) is 5. The molecule has 0 aliphatic rings. The number of rotatable bonds is 5. The van der Waals surface area contributed by atoms with Gasteiger partial charge >= 0.3 is 0 Å². The summed E-state index contributed by atoms with van der Waals surface area (Å²) < 4.78 is 4.97. The van der Waals surface area contributed by atoms with Crippen molar-refractivity contribution in [2.75, 3.05) is 0 Å². The van der Waals surface area contributed by atoms with Crippen LogP contribution in [0.15, 0.2) is 200 Å². The van der Waals surface area contributed by atoms with Crippen molar-refractivity contribution in [3.05, 3.63) is 200 Å². The molecule has 0 saturated heterocycles. The molecule has 0 amide bonds. The molecule has 0 saturated carbocycles. The van der Waals surface area contributed by atoms with E-state index >= 15 is 0 Å². The van der Waals surface area contributed by atoms with E-state index in [1.807, 2.05) is 29.5 Å². The highest BCUT2D eigenvalue weighted by Gasteiger charge is 2.21. The first-order valence-corrected chi connectivity index (χ1v) is 22.5. The lowest BCUT2D eigenvalue weighted by Crippen LogP contribution is -2.01. The quantitative estimate of drug-likeness (QED) is 0.162. The lowest BCUT2D eigenvalue weighted by atomic mass is 9.91. The van der Waals surface area contributed by atoms with Crippen molar-refractivity contribution in [2.45, 2.75) is 0 Å². The molecule has 3 aromatic heterocycles. The van der Waals surface area contributed by atoms with Gasteiger partial charge in [-0.05, 0) is 91.0 Å². The van der Waals surface area contributed by atoms with Gasteiger partial charge in [-0.2, -0.15) is 0 Å². The van der Waals surface area contributed by atoms with Crippen LogP contribution in [0.2, 0.25) is 0 Å².